The van der Waals surface area contributed by atoms with Crippen molar-refractivity contribution in [2.24, 2.45) is 0 Å². The van der Waals surface area contributed by atoms with Crippen LogP contribution in [0.5, 0.6) is 17.4 Å². The van der Waals surface area contributed by atoms with Crippen molar-refractivity contribution < 1.29 is 14.6 Å². The number of nitrogens with one attached hydrogen (secondary N) is 1. The summed E-state index contributed by atoms with van der Waals surface area (Å²) in [5, 5.41) is 22.8. The SMILES string of the molecule is C=CCSc1nnc2c(n1)O[C@H](c1cc(Cl)c(O)c(OCC)c1)Nc1ccccc1-2. The van der Waals surface area contributed by atoms with Crippen LogP contribution < -0.4 is 14.8 Å². The van der Waals surface area contributed by atoms with Crippen molar-refractivity contribution in [3.8, 4) is 28.6 Å². The first-order valence-corrected chi connectivity index (χ1v) is 10.6. The van der Waals surface area contributed by atoms with E-state index in [1.807, 2.05) is 31.2 Å². The molecule has 0 fully saturated rings. The van der Waals surface area contributed by atoms with Crippen LogP contribution in [0, 0.1) is 0 Å². The number of hydrogen-bond acceptors (Lipinski definition) is 8. The maximum atomic E-state index is 10.2. The van der Waals surface area contributed by atoms with Crippen LogP contribution in [-0.4, -0.2) is 32.6 Å². The molecule has 0 aliphatic carbocycles. The molecule has 154 valence electrons. The number of phenolic OH excluding ortho intramolecular Hbond substituents is 1. The van der Waals surface area contributed by atoms with Gasteiger partial charge in [-0.25, -0.2) is 0 Å². The molecule has 0 bridgehead atoms. The molecular formula is C21H19ClN4O3S. The molecule has 1 aromatic heterocycles. The largest absolute Gasteiger partial charge is 0.503 e. The highest BCUT2D eigenvalue weighted by Gasteiger charge is 2.27. The topological polar surface area (TPSA) is 89.4 Å². The van der Waals surface area contributed by atoms with Crippen LogP contribution in [0.1, 0.15) is 18.7 Å². The molecule has 0 radical (unpaired) electrons. The number of fused-ring (bicyclic) bond motifs is 3. The van der Waals surface area contributed by atoms with Crippen LogP contribution in [0.3, 0.4) is 0 Å². The second-order valence-electron chi connectivity index (χ2n) is 6.32. The molecule has 1 atom stereocenters. The van der Waals surface area contributed by atoms with E-state index in [1.54, 1.807) is 18.2 Å². The maximum Gasteiger partial charge on any atom is 0.247 e. The minimum atomic E-state index is -0.640. The van der Waals surface area contributed by atoms with Crippen molar-refractivity contribution in [1.82, 2.24) is 15.2 Å². The fourth-order valence-electron chi connectivity index (χ4n) is 3.00. The van der Waals surface area contributed by atoms with Gasteiger partial charge in [0, 0.05) is 22.6 Å². The molecule has 1 aliphatic heterocycles. The van der Waals surface area contributed by atoms with Gasteiger partial charge in [-0.2, -0.15) is 4.98 Å². The third-order valence-electron chi connectivity index (χ3n) is 4.32. The third kappa shape index (κ3) is 4.01. The summed E-state index contributed by atoms with van der Waals surface area (Å²) >= 11 is 7.65. The number of aromatic hydroxyl groups is 1. The maximum absolute atomic E-state index is 10.2. The molecule has 2 aromatic carbocycles. The van der Waals surface area contributed by atoms with Gasteiger partial charge in [0.2, 0.25) is 11.0 Å². The second-order valence-corrected chi connectivity index (χ2v) is 7.71. The first kappa shape index (κ1) is 20.3. The molecule has 0 unspecified atom stereocenters. The fraction of sp³-hybridized carbons (Fsp3) is 0.190. The van der Waals surface area contributed by atoms with E-state index in [2.05, 4.69) is 27.1 Å². The normalized spacial score (nSPS) is 14.5. The molecule has 7 nitrogen and oxygen atoms in total. The lowest BCUT2D eigenvalue weighted by Crippen LogP contribution is -2.17. The third-order valence-corrected chi connectivity index (χ3v) is 5.44. The van der Waals surface area contributed by atoms with E-state index >= 15 is 0 Å². The number of aromatic nitrogens is 3. The molecule has 1 aliphatic rings. The van der Waals surface area contributed by atoms with E-state index in [0.29, 0.717) is 34.7 Å². The Hall–Kier alpha value is -2.97. The molecule has 9 heteroatoms. The summed E-state index contributed by atoms with van der Waals surface area (Å²) in [6.07, 6.45) is 1.13. The van der Waals surface area contributed by atoms with Crippen molar-refractivity contribution in [3.63, 3.8) is 0 Å². The zero-order chi connectivity index (χ0) is 21.1. The molecule has 0 saturated heterocycles. The van der Waals surface area contributed by atoms with E-state index < -0.39 is 6.23 Å². The van der Waals surface area contributed by atoms with E-state index in [9.17, 15) is 5.11 Å². The summed E-state index contributed by atoms with van der Waals surface area (Å²) in [5.41, 5.74) is 2.84. The molecule has 0 saturated carbocycles. The van der Waals surface area contributed by atoms with Crippen LogP contribution in [-0.2, 0) is 0 Å². The van der Waals surface area contributed by atoms with Crippen molar-refractivity contribution in [2.45, 2.75) is 18.3 Å². The van der Waals surface area contributed by atoms with Crippen LogP contribution >= 0.6 is 23.4 Å². The number of rotatable bonds is 6. The van der Waals surface area contributed by atoms with Crippen molar-refractivity contribution in [2.75, 3.05) is 17.7 Å². The molecule has 2 N–H and O–H groups in total. The lowest BCUT2D eigenvalue weighted by Gasteiger charge is -2.20. The van der Waals surface area contributed by atoms with Gasteiger partial charge in [0.1, 0.15) is 0 Å². The number of nitrogens with zero attached hydrogens (tertiary/aromatic N) is 3. The predicted molar refractivity (Wildman–Crippen MR) is 117 cm³/mol. The first-order chi connectivity index (χ1) is 14.6. The summed E-state index contributed by atoms with van der Waals surface area (Å²) in [6.45, 7) is 5.93. The number of halogens is 1. The van der Waals surface area contributed by atoms with Gasteiger partial charge >= 0.3 is 0 Å². The van der Waals surface area contributed by atoms with Gasteiger partial charge in [-0.15, -0.1) is 16.8 Å². The smallest absolute Gasteiger partial charge is 0.247 e. The van der Waals surface area contributed by atoms with E-state index in [0.717, 1.165) is 11.3 Å². The van der Waals surface area contributed by atoms with Crippen molar-refractivity contribution in [1.29, 1.82) is 0 Å². The number of ether oxygens (including phenoxy) is 2. The Morgan fingerprint density at radius 2 is 2.17 bits per heavy atom. The quantitative estimate of drug-likeness (QED) is 0.403. The summed E-state index contributed by atoms with van der Waals surface area (Å²) in [5.74, 6) is 1.18. The Morgan fingerprint density at radius 3 is 2.97 bits per heavy atom. The van der Waals surface area contributed by atoms with Crippen LogP contribution in [0.25, 0.3) is 11.3 Å². The molecule has 30 heavy (non-hydrogen) atoms. The highest BCUT2D eigenvalue weighted by molar-refractivity contribution is 7.99. The van der Waals surface area contributed by atoms with Gasteiger partial charge in [0.15, 0.2) is 23.4 Å². The zero-order valence-electron chi connectivity index (χ0n) is 16.1. The summed E-state index contributed by atoms with van der Waals surface area (Å²) in [7, 11) is 0. The van der Waals surface area contributed by atoms with Gasteiger partial charge in [0.25, 0.3) is 0 Å². The summed E-state index contributed by atoms with van der Waals surface area (Å²) < 4.78 is 11.7. The molecule has 3 aromatic rings. The number of hydrogen-bond donors (Lipinski definition) is 2. The second kappa shape index (κ2) is 8.81. The van der Waals surface area contributed by atoms with Crippen LogP contribution in [0.2, 0.25) is 5.02 Å². The van der Waals surface area contributed by atoms with Crippen molar-refractivity contribution >= 4 is 29.1 Å². The van der Waals surface area contributed by atoms with E-state index in [4.69, 9.17) is 21.1 Å². The van der Waals surface area contributed by atoms with Gasteiger partial charge in [0.05, 0.1) is 11.6 Å². The minimum Gasteiger partial charge on any atom is -0.503 e. The molecule has 0 amide bonds. The minimum absolute atomic E-state index is 0.108. The number of benzene rings is 2. The van der Waals surface area contributed by atoms with E-state index in [-0.39, 0.29) is 16.5 Å². The van der Waals surface area contributed by atoms with Gasteiger partial charge < -0.3 is 19.9 Å². The fourth-order valence-corrected chi connectivity index (χ4v) is 3.74. The standard InChI is InChI=1S/C21H19ClN4O3S/c1-3-9-30-21-24-20-17(25-26-21)13-7-5-6-8-15(13)23-19(29-20)12-10-14(22)18(27)16(11-12)28-4-2/h3,5-8,10-11,19,23,27H,1,4,9H2,2H3/t19-/m1/s1. The first-order valence-electron chi connectivity index (χ1n) is 9.27. The van der Waals surface area contributed by atoms with Crippen LogP contribution in [0.4, 0.5) is 5.69 Å². The highest BCUT2D eigenvalue weighted by atomic mass is 35.5. The number of thioether (sulfide) groups is 1. The average molecular weight is 443 g/mol. The molecule has 0 spiro atoms. The van der Waals surface area contributed by atoms with Gasteiger partial charge in [-0.05, 0) is 25.1 Å². The van der Waals surface area contributed by atoms with Gasteiger partial charge in [-0.3, -0.25) is 0 Å². The molecular weight excluding hydrogens is 424 g/mol. The molecule has 2 heterocycles. The van der Waals surface area contributed by atoms with Crippen LogP contribution in [0.15, 0.2) is 54.2 Å². The number of anilines is 1. The average Bonchev–Trinajstić information content (AvgIpc) is 2.92. The number of phenols is 1. The number of para-hydroxylation sites is 1. The van der Waals surface area contributed by atoms with Crippen molar-refractivity contribution in [3.05, 3.63) is 59.6 Å². The Balaban J connectivity index is 1.80. The summed E-state index contributed by atoms with van der Waals surface area (Å²) in [4.78, 5) is 4.55. The predicted octanol–water partition coefficient (Wildman–Crippen LogP) is 5.08. The lowest BCUT2D eigenvalue weighted by molar-refractivity contribution is 0.224. The van der Waals surface area contributed by atoms with Gasteiger partial charge in [-0.1, -0.05) is 47.6 Å². The van der Waals surface area contributed by atoms with E-state index in [1.165, 1.54) is 11.8 Å². The summed E-state index contributed by atoms with van der Waals surface area (Å²) in [6, 6.07) is 11.0. The molecule has 4 rings (SSSR count). The Labute approximate surface area is 183 Å². The Kier molecular flexibility index (Phi) is 5.96. The zero-order valence-corrected chi connectivity index (χ0v) is 17.7. The Bertz CT molecular complexity index is 1100. The Morgan fingerprint density at radius 1 is 1.33 bits per heavy atom. The monoisotopic (exact) mass is 442 g/mol. The highest BCUT2D eigenvalue weighted by Crippen LogP contribution is 2.42. The lowest BCUT2D eigenvalue weighted by atomic mass is 10.1.